The molecule has 3 unspecified atom stereocenters. The summed E-state index contributed by atoms with van der Waals surface area (Å²) in [5.41, 5.74) is 1.60. The number of hydrogen-bond donors (Lipinski definition) is 0. The molecule has 0 spiro atoms. The molecular formula is C15H18ClFN2O. The van der Waals surface area contributed by atoms with Crippen LogP contribution in [0.2, 0.25) is 0 Å². The Labute approximate surface area is 122 Å². The van der Waals surface area contributed by atoms with Gasteiger partial charge in [-0.05, 0) is 32.4 Å². The summed E-state index contributed by atoms with van der Waals surface area (Å²) >= 11 is 6.26. The Kier molecular flexibility index (Phi) is 3.69. The van der Waals surface area contributed by atoms with Crippen LogP contribution in [0.15, 0.2) is 18.2 Å². The van der Waals surface area contributed by atoms with E-state index in [1.165, 1.54) is 12.1 Å². The van der Waals surface area contributed by atoms with E-state index in [-0.39, 0.29) is 17.2 Å². The van der Waals surface area contributed by atoms with E-state index in [2.05, 4.69) is 16.5 Å². The fraction of sp³-hybridized carbons (Fsp3) is 0.533. The van der Waals surface area contributed by atoms with Crippen molar-refractivity contribution in [1.82, 2.24) is 9.55 Å². The zero-order valence-electron chi connectivity index (χ0n) is 11.6. The highest BCUT2D eigenvalue weighted by molar-refractivity contribution is 6.20. The zero-order valence-corrected chi connectivity index (χ0v) is 12.4. The van der Waals surface area contributed by atoms with Crippen molar-refractivity contribution >= 4 is 22.6 Å². The molecule has 1 fully saturated rings. The van der Waals surface area contributed by atoms with Crippen LogP contribution >= 0.6 is 11.6 Å². The van der Waals surface area contributed by atoms with Gasteiger partial charge in [0.25, 0.3) is 0 Å². The minimum absolute atomic E-state index is 0.213. The first-order chi connectivity index (χ1) is 9.58. The van der Waals surface area contributed by atoms with Crippen LogP contribution in [0, 0.1) is 11.7 Å². The minimum atomic E-state index is -0.271. The van der Waals surface area contributed by atoms with Crippen LogP contribution in [-0.2, 0) is 4.74 Å². The molecule has 0 radical (unpaired) electrons. The summed E-state index contributed by atoms with van der Waals surface area (Å²) in [7, 11) is 0. The molecule has 2 heterocycles. The second-order valence-electron chi connectivity index (χ2n) is 5.45. The molecule has 0 N–H and O–H groups in total. The van der Waals surface area contributed by atoms with E-state index in [9.17, 15) is 4.39 Å². The summed E-state index contributed by atoms with van der Waals surface area (Å²) in [6.45, 7) is 5.63. The molecule has 1 saturated heterocycles. The smallest absolute Gasteiger partial charge is 0.127 e. The summed E-state index contributed by atoms with van der Waals surface area (Å²) in [6, 6.07) is 4.96. The van der Waals surface area contributed by atoms with E-state index in [0.29, 0.717) is 11.4 Å². The molecule has 3 atom stereocenters. The first-order valence-electron chi connectivity index (χ1n) is 6.97. The number of imidazole rings is 1. The lowest BCUT2D eigenvalue weighted by molar-refractivity contribution is 0.175. The molecular weight excluding hydrogens is 279 g/mol. The number of hydrogen-bond acceptors (Lipinski definition) is 2. The van der Waals surface area contributed by atoms with Gasteiger partial charge in [-0.15, -0.1) is 11.6 Å². The molecule has 1 aliphatic rings. The third-order valence-electron chi connectivity index (χ3n) is 4.09. The average Bonchev–Trinajstić information content (AvgIpc) is 3.04. The van der Waals surface area contributed by atoms with Gasteiger partial charge in [0.1, 0.15) is 11.6 Å². The number of nitrogens with zero attached hydrogens (tertiary/aromatic N) is 2. The lowest BCUT2D eigenvalue weighted by Crippen LogP contribution is -2.19. The van der Waals surface area contributed by atoms with Crippen molar-refractivity contribution in [2.75, 3.05) is 13.2 Å². The Morgan fingerprint density at radius 1 is 1.45 bits per heavy atom. The van der Waals surface area contributed by atoms with Crippen molar-refractivity contribution in [3.63, 3.8) is 0 Å². The maximum Gasteiger partial charge on any atom is 0.127 e. The minimum Gasteiger partial charge on any atom is -0.381 e. The number of fused-ring (bicyclic) bond motifs is 1. The maximum absolute atomic E-state index is 13.4. The lowest BCUT2D eigenvalue weighted by Gasteiger charge is -2.23. The monoisotopic (exact) mass is 296 g/mol. The quantitative estimate of drug-likeness (QED) is 0.798. The molecule has 3 nitrogen and oxygen atoms in total. The number of halogens is 2. The molecule has 2 aromatic rings. The highest BCUT2D eigenvalue weighted by Crippen LogP contribution is 2.34. The molecule has 3 rings (SSSR count). The topological polar surface area (TPSA) is 27.1 Å². The van der Waals surface area contributed by atoms with E-state index >= 15 is 0 Å². The molecule has 5 heteroatoms. The van der Waals surface area contributed by atoms with Gasteiger partial charge < -0.3 is 9.30 Å². The van der Waals surface area contributed by atoms with Gasteiger partial charge in [-0.2, -0.15) is 0 Å². The summed E-state index contributed by atoms with van der Waals surface area (Å²) < 4.78 is 21.0. The van der Waals surface area contributed by atoms with E-state index in [0.717, 1.165) is 31.0 Å². The van der Waals surface area contributed by atoms with E-state index < -0.39 is 0 Å². The second-order valence-corrected chi connectivity index (χ2v) is 6.11. The maximum atomic E-state index is 13.4. The first kappa shape index (κ1) is 13.8. The normalized spacial score (nSPS) is 22.3. The first-order valence-corrected chi connectivity index (χ1v) is 7.40. The molecule has 0 amide bonds. The number of benzene rings is 1. The molecule has 1 aromatic carbocycles. The summed E-state index contributed by atoms with van der Waals surface area (Å²) in [4.78, 5) is 4.52. The van der Waals surface area contributed by atoms with Crippen LogP contribution in [0.3, 0.4) is 0 Å². The Balaban J connectivity index is 2.13. The summed E-state index contributed by atoms with van der Waals surface area (Å²) in [5.74, 6) is 0.978. The van der Waals surface area contributed by atoms with Gasteiger partial charge in [0.05, 0.1) is 23.0 Å². The average molecular weight is 297 g/mol. The van der Waals surface area contributed by atoms with Gasteiger partial charge in [0, 0.05) is 24.6 Å². The van der Waals surface area contributed by atoms with Crippen molar-refractivity contribution in [2.45, 2.75) is 31.7 Å². The van der Waals surface area contributed by atoms with Gasteiger partial charge in [0.2, 0.25) is 0 Å². The largest absolute Gasteiger partial charge is 0.381 e. The van der Waals surface area contributed by atoms with Crippen LogP contribution in [0.1, 0.15) is 37.5 Å². The van der Waals surface area contributed by atoms with Crippen molar-refractivity contribution in [3.8, 4) is 0 Å². The van der Waals surface area contributed by atoms with Gasteiger partial charge in [-0.25, -0.2) is 9.37 Å². The number of ether oxygens (including phenoxy) is 1. The van der Waals surface area contributed by atoms with Gasteiger partial charge in [-0.3, -0.25) is 0 Å². The van der Waals surface area contributed by atoms with Crippen molar-refractivity contribution < 1.29 is 9.13 Å². The predicted octanol–water partition coefficient (Wildman–Crippen LogP) is 4.07. The van der Waals surface area contributed by atoms with Crippen LogP contribution in [-0.4, -0.2) is 22.8 Å². The number of aromatic nitrogens is 2. The molecule has 1 aromatic heterocycles. The molecule has 1 aliphatic heterocycles. The van der Waals surface area contributed by atoms with Crippen molar-refractivity contribution in [3.05, 3.63) is 29.8 Å². The highest BCUT2D eigenvalue weighted by Gasteiger charge is 2.28. The van der Waals surface area contributed by atoms with Crippen LogP contribution in [0.5, 0.6) is 0 Å². The molecule has 108 valence electrons. The van der Waals surface area contributed by atoms with E-state index in [1.54, 1.807) is 6.07 Å². The number of alkyl halides is 1. The SMILES string of the molecule is CC(Cl)c1nc2cc(F)ccc2n1C(C)C1CCOC1. The Morgan fingerprint density at radius 2 is 2.25 bits per heavy atom. The highest BCUT2D eigenvalue weighted by atomic mass is 35.5. The van der Waals surface area contributed by atoms with Crippen LogP contribution in [0.25, 0.3) is 11.0 Å². The standard InChI is InChI=1S/C15H18ClFN2O/c1-9(16)15-18-13-7-12(17)3-4-14(13)19(15)10(2)11-5-6-20-8-11/h3-4,7,9-11H,5-6,8H2,1-2H3. The summed E-state index contributed by atoms with van der Waals surface area (Å²) in [5, 5.41) is -0.213. The van der Waals surface area contributed by atoms with E-state index in [4.69, 9.17) is 16.3 Å². The van der Waals surface area contributed by atoms with E-state index in [1.807, 2.05) is 6.92 Å². The van der Waals surface area contributed by atoms with Gasteiger partial charge in [-0.1, -0.05) is 0 Å². The fourth-order valence-corrected chi connectivity index (χ4v) is 3.10. The lowest BCUT2D eigenvalue weighted by atomic mass is 10.00. The molecule has 0 aliphatic carbocycles. The van der Waals surface area contributed by atoms with Crippen LogP contribution < -0.4 is 0 Å². The Bertz CT molecular complexity index is 620. The molecule has 0 bridgehead atoms. The van der Waals surface area contributed by atoms with Gasteiger partial charge in [0.15, 0.2) is 0 Å². The summed E-state index contributed by atoms with van der Waals surface area (Å²) in [6.07, 6.45) is 1.04. The van der Waals surface area contributed by atoms with Crippen molar-refractivity contribution in [1.29, 1.82) is 0 Å². The predicted molar refractivity (Wildman–Crippen MR) is 77.6 cm³/mol. The zero-order chi connectivity index (χ0) is 14.3. The third-order valence-corrected chi connectivity index (χ3v) is 4.28. The van der Waals surface area contributed by atoms with Crippen molar-refractivity contribution in [2.24, 2.45) is 5.92 Å². The van der Waals surface area contributed by atoms with Gasteiger partial charge >= 0.3 is 0 Å². The Morgan fingerprint density at radius 3 is 2.90 bits per heavy atom. The van der Waals surface area contributed by atoms with Crippen LogP contribution in [0.4, 0.5) is 4.39 Å². The fourth-order valence-electron chi connectivity index (χ4n) is 2.94. The Hall–Kier alpha value is -1.13. The number of rotatable bonds is 3. The third kappa shape index (κ3) is 2.31. The molecule has 0 saturated carbocycles. The molecule has 20 heavy (non-hydrogen) atoms. The second kappa shape index (κ2) is 5.34.